The van der Waals surface area contributed by atoms with E-state index in [-0.39, 0.29) is 28.9 Å². The Morgan fingerprint density at radius 1 is 0.565 bits per heavy atom. The van der Waals surface area contributed by atoms with E-state index in [9.17, 15) is 22.8 Å². The zero-order valence-corrected chi connectivity index (χ0v) is 65.4. The summed E-state index contributed by atoms with van der Waals surface area (Å²) in [6, 6.07) is 29.4. The van der Waals surface area contributed by atoms with Crippen LogP contribution in [0.15, 0.2) is 134 Å². The molecule has 566 valence electrons. The number of fused-ring (bicyclic) bond motifs is 5. The maximum atomic E-state index is 11.9. The summed E-state index contributed by atoms with van der Waals surface area (Å²) in [5, 5.41) is 51.5. The number of para-hydroxylation sites is 1. The van der Waals surface area contributed by atoms with Crippen LogP contribution in [0, 0.1) is 5.41 Å². The van der Waals surface area contributed by atoms with Crippen molar-refractivity contribution < 1.29 is 27.5 Å². The number of aromatic amines is 5. The Kier molecular flexibility index (Phi) is 22.3. The van der Waals surface area contributed by atoms with Crippen LogP contribution in [0.1, 0.15) is 89.2 Å². The molecule has 18 rings (SSSR count). The van der Waals surface area contributed by atoms with E-state index < -0.39 is 10.0 Å². The zero-order valence-electron chi connectivity index (χ0n) is 60.9. The van der Waals surface area contributed by atoms with Gasteiger partial charge in [0.2, 0.25) is 27.7 Å². The lowest BCUT2D eigenvalue weighted by atomic mass is 9.72. The predicted molar refractivity (Wildman–Crippen MR) is 427 cm³/mol. The maximum Gasteiger partial charge on any atom is 0.233 e. The van der Waals surface area contributed by atoms with Crippen molar-refractivity contribution in [2.75, 3.05) is 108 Å². The third-order valence-corrected chi connectivity index (χ3v) is 24.2. The van der Waals surface area contributed by atoms with Crippen LogP contribution in [0.3, 0.4) is 0 Å². The van der Waals surface area contributed by atoms with Crippen molar-refractivity contribution in [2.24, 2.45) is 5.41 Å². The van der Waals surface area contributed by atoms with Gasteiger partial charge in [-0.05, 0) is 167 Å². The first-order valence-corrected chi connectivity index (χ1v) is 39.8. The summed E-state index contributed by atoms with van der Waals surface area (Å²) in [6.07, 6.45) is 19.8. The molecule has 0 bridgehead atoms. The molecule has 3 amide bonds. The standard InChI is InChI=1S/C16H21ClN4O3S.C16H11ClN4.C16H20ClN3O.C15H19ClN4O.C14H15ClN4O/c1-25(22,23)21-6-7-24-16(11-21)2-4-20(5-3-16)15-9-12(17)8-14-13(15)10-18-19-14;17-12-6-14(15-9-18-20-16(15)7-12)11-8-19-21(10-11)13-4-2-1-3-5-13;1-10(21)20-5-4-11(8-16(20,2)3)13-6-12(17)7-15-14(13)9-18-19-15;1-17-15(21)9-20-4-2-10(3-5-20)12-6-11(16)7-14-13(12)8-18-19-14;1-9(20)18-5-14(6-18)7-19(8-14)13-3-10(15)2-12-11(13)4-16-17-12/h8-10H,2-7,11H2,1H3,(H,18,19);1-10H,(H,18,20);6-7,9,11H,4-5,8H2,1-3H3,(H,18,19);6-8,10H,2-5,9H2,1H3,(H,17,21)(H,18,19);2-4H,5-8H2,1H3,(H,16,17). The molecule has 1 atom stereocenters. The number of likely N-dealkylation sites (N-methyl/N-ethyl adjacent to an activating group) is 1. The fourth-order valence-corrected chi connectivity index (χ4v) is 18.3. The molecular formula is C77H86Cl5N19O6S. The Bertz CT molecular complexity index is 5360. The van der Waals surface area contributed by atoms with E-state index in [1.807, 2.05) is 137 Å². The number of benzene rings is 6. The molecule has 6 saturated heterocycles. The van der Waals surface area contributed by atoms with Crippen molar-refractivity contribution in [1.29, 1.82) is 0 Å². The highest BCUT2D eigenvalue weighted by Crippen LogP contribution is 2.46. The number of hydrogen-bond donors (Lipinski definition) is 6. The van der Waals surface area contributed by atoms with Gasteiger partial charge < -0.3 is 29.7 Å². The summed E-state index contributed by atoms with van der Waals surface area (Å²) in [5.41, 5.74) is 12.3. The van der Waals surface area contributed by atoms with E-state index in [0.717, 1.165) is 195 Å². The first kappa shape index (κ1) is 76.0. The summed E-state index contributed by atoms with van der Waals surface area (Å²) in [6.45, 7) is 17.3. The average Bonchev–Trinajstić information content (AvgIpc) is 0.771. The van der Waals surface area contributed by atoms with E-state index in [1.165, 1.54) is 17.4 Å². The van der Waals surface area contributed by atoms with Gasteiger partial charge in [0, 0.05) is 166 Å². The van der Waals surface area contributed by atoms with E-state index in [2.05, 4.69) is 96.0 Å². The van der Waals surface area contributed by atoms with Gasteiger partial charge in [-0.1, -0.05) is 76.2 Å². The number of aromatic nitrogens is 12. The molecule has 6 N–H and O–H groups in total. The summed E-state index contributed by atoms with van der Waals surface area (Å²) in [7, 11) is -1.51. The van der Waals surface area contributed by atoms with Crippen molar-refractivity contribution in [3.63, 3.8) is 0 Å². The number of morpholine rings is 1. The number of rotatable bonds is 9. The topological polar surface area (TPSA) is 287 Å². The number of likely N-dealkylation sites (tertiary alicyclic amines) is 3. The van der Waals surface area contributed by atoms with Crippen molar-refractivity contribution in [2.45, 2.75) is 89.2 Å². The third kappa shape index (κ3) is 16.7. The molecule has 0 radical (unpaired) electrons. The fraction of sp³-hybridized carbons (Fsp3) is 0.390. The van der Waals surface area contributed by atoms with Gasteiger partial charge in [0.05, 0.1) is 95.5 Å². The minimum absolute atomic E-state index is 0.0773. The Balaban J connectivity index is 0.000000113. The highest BCUT2D eigenvalue weighted by molar-refractivity contribution is 7.88. The number of carbonyl (C=O) groups excluding carboxylic acids is 3. The number of nitrogens with zero attached hydrogens (tertiary/aromatic N) is 13. The lowest BCUT2D eigenvalue weighted by Gasteiger charge is -2.60. The van der Waals surface area contributed by atoms with Crippen LogP contribution in [-0.2, 0) is 29.1 Å². The number of piperidine rings is 3. The number of anilines is 2. The molecule has 6 fully saturated rings. The number of hydrogen-bond acceptors (Lipinski definition) is 15. The van der Waals surface area contributed by atoms with Gasteiger partial charge in [-0.25, -0.2) is 13.1 Å². The lowest BCUT2D eigenvalue weighted by Crippen LogP contribution is -2.72. The van der Waals surface area contributed by atoms with Gasteiger partial charge in [-0.15, -0.1) is 0 Å². The molecule has 6 aromatic heterocycles. The fourth-order valence-electron chi connectivity index (χ4n) is 16.3. The smallest absolute Gasteiger partial charge is 0.233 e. The average molecular weight is 1580 g/mol. The van der Waals surface area contributed by atoms with Gasteiger partial charge >= 0.3 is 0 Å². The quantitative estimate of drug-likeness (QED) is 0.0783. The number of ether oxygens (including phenoxy) is 1. The maximum absolute atomic E-state index is 11.9. The second-order valence-corrected chi connectivity index (χ2v) is 33.9. The van der Waals surface area contributed by atoms with Crippen molar-refractivity contribution >= 4 is 152 Å². The highest BCUT2D eigenvalue weighted by atomic mass is 35.5. The van der Waals surface area contributed by atoms with Gasteiger partial charge in [-0.3, -0.25) is 44.8 Å². The minimum atomic E-state index is -3.18. The summed E-state index contributed by atoms with van der Waals surface area (Å²) in [4.78, 5) is 45.2. The van der Waals surface area contributed by atoms with Gasteiger partial charge in [0.25, 0.3) is 0 Å². The molecule has 12 heterocycles. The van der Waals surface area contributed by atoms with Crippen molar-refractivity contribution in [1.82, 2.24) is 85.1 Å². The number of H-pyrrole nitrogens is 5. The monoisotopic (exact) mass is 1580 g/mol. The van der Waals surface area contributed by atoms with Gasteiger partial charge in [0.15, 0.2) is 0 Å². The van der Waals surface area contributed by atoms with Crippen LogP contribution in [0.25, 0.3) is 71.3 Å². The van der Waals surface area contributed by atoms with E-state index in [0.29, 0.717) is 53.5 Å². The number of sulfonamides is 1. The lowest BCUT2D eigenvalue weighted by molar-refractivity contribution is -0.142. The number of nitrogens with one attached hydrogen (secondary N) is 6. The van der Waals surface area contributed by atoms with Crippen LogP contribution in [0.2, 0.25) is 25.1 Å². The molecule has 0 saturated carbocycles. The second-order valence-electron chi connectivity index (χ2n) is 29.7. The van der Waals surface area contributed by atoms with Crippen LogP contribution in [0.4, 0.5) is 11.4 Å². The molecule has 6 aliphatic heterocycles. The van der Waals surface area contributed by atoms with Crippen LogP contribution >= 0.6 is 58.0 Å². The van der Waals surface area contributed by atoms with Gasteiger partial charge in [-0.2, -0.15) is 34.9 Å². The molecule has 31 heteroatoms. The molecule has 2 spiro atoms. The normalized spacial score (nSPS) is 18.5. The zero-order chi connectivity index (χ0) is 75.8. The molecule has 25 nitrogen and oxygen atoms in total. The Morgan fingerprint density at radius 3 is 1.58 bits per heavy atom. The Morgan fingerprint density at radius 2 is 1.06 bits per heavy atom. The van der Waals surface area contributed by atoms with E-state index in [4.69, 9.17) is 62.7 Å². The molecule has 6 aromatic carbocycles. The number of carbonyl (C=O) groups is 3. The van der Waals surface area contributed by atoms with E-state index in [1.54, 1.807) is 31.4 Å². The summed E-state index contributed by atoms with van der Waals surface area (Å²) in [5.74, 6) is 1.28. The Labute approximate surface area is 650 Å². The van der Waals surface area contributed by atoms with Crippen LogP contribution in [0.5, 0.6) is 0 Å². The second kappa shape index (κ2) is 31.6. The van der Waals surface area contributed by atoms with Crippen LogP contribution in [-0.4, -0.2) is 215 Å². The first-order chi connectivity index (χ1) is 51.8. The van der Waals surface area contributed by atoms with Crippen molar-refractivity contribution in [3.8, 4) is 16.8 Å². The number of amides is 3. The first-order valence-electron chi connectivity index (χ1n) is 36.1. The summed E-state index contributed by atoms with van der Waals surface area (Å²) >= 11 is 31.0. The van der Waals surface area contributed by atoms with Crippen molar-refractivity contribution in [3.05, 3.63) is 171 Å². The summed E-state index contributed by atoms with van der Waals surface area (Å²) < 4.78 is 33.2. The third-order valence-electron chi connectivity index (χ3n) is 21.8. The molecular weight excluding hydrogens is 1500 g/mol. The molecule has 6 aliphatic rings. The Hall–Kier alpha value is -8.83. The molecule has 108 heavy (non-hydrogen) atoms. The molecule has 1 unspecified atom stereocenters. The van der Waals surface area contributed by atoms with Gasteiger partial charge in [0.1, 0.15) is 0 Å². The highest BCUT2D eigenvalue weighted by Gasteiger charge is 2.53. The van der Waals surface area contributed by atoms with Crippen LogP contribution < -0.4 is 15.1 Å². The largest absolute Gasteiger partial charge is 0.372 e. The molecule has 12 aromatic rings. The predicted octanol–water partition coefficient (Wildman–Crippen LogP) is 13.7. The molecule has 0 aliphatic carbocycles. The number of halogens is 5. The minimum Gasteiger partial charge on any atom is -0.372 e. The van der Waals surface area contributed by atoms with E-state index >= 15 is 0 Å². The SMILES string of the molecule is CC(=O)N1CC2(C1)CN(c1cc(Cl)cc3[nH]ncc13)C2.CC(=O)N1CCC(c2cc(Cl)cc3[nH]ncc23)CC1(C)C.CNC(=O)CN1CCC(c2cc(Cl)cc3[nH]ncc23)CC1.CS(=O)(=O)N1CCOC2(CCN(c3cc(Cl)cc4[nH]ncc34)CC2)C1.Clc1cc(-c2cnn(-c3ccccc3)c2)c2cn[nH]c2c1.